The summed E-state index contributed by atoms with van der Waals surface area (Å²) in [5.41, 5.74) is 1.26. The highest BCUT2D eigenvalue weighted by Crippen LogP contribution is 2.25. The van der Waals surface area contributed by atoms with Crippen molar-refractivity contribution in [2.75, 3.05) is 0 Å². The first kappa shape index (κ1) is 13.7. The van der Waals surface area contributed by atoms with Gasteiger partial charge < -0.3 is 0 Å². The Hall–Kier alpha value is -0.710. The lowest BCUT2D eigenvalue weighted by Crippen LogP contribution is -2.15. The second-order valence-electron chi connectivity index (χ2n) is 4.23. The predicted molar refractivity (Wildman–Crippen MR) is 78.2 cm³/mol. The van der Waals surface area contributed by atoms with Crippen LogP contribution >= 0.6 is 39.1 Å². The van der Waals surface area contributed by atoms with Gasteiger partial charge in [-0.05, 0) is 40.0 Å². The Morgan fingerprint density at radius 3 is 2.50 bits per heavy atom. The van der Waals surface area contributed by atoms with Gasteiger partial charge in [-0.2, -0.15) is 0 Å². The largest absolute Gasteiger partial charge is 0.294 e. The number of aromatic nitrogens is 2. The monoisotopic (exact) mass is 348 g/mol. The summed E-state index contributed by atoms with van der Waals surface area (Å²) in [6.07, 6.45) is 0. The minimum Gasteiger partial charge on any atom is -0.294 e. The van der Waals surface area contributed by atoms with Crippen molar-refractivity contribution < 1.29 is 0 Å². The van der Waals surface area contributed by atoms with E-state index in [1.807, 2.05) is 13.8 Å². The van der Waals surface area contributed by atoms with Crippen LogP contribution in [0.15, 0.2) is 27.5 Å². The molecule has 0 unspecified atom stereocenters. The van der Waals surface area contributed by atoms with Crippen molar-refractivity contribution in [3.8, 4) is 5.69 Å². The number of hydrogen-bond donors (Lipinski definition) is 1. The average Bonchev–Trinajstić information content (AvgIpc) is 2.57. The van der Waals surface area contributed by atoms with Crippen LogP contribution in [0.1, 0.15) is 25.5 Å². The van der Waals surface area contributed by atoms with Crippen molar-refractivity contribution in [1.29, 1.82) is 0 Å². The van der Waals surface area contributed by atoms with E-state index in [0.29, 0.717) is 20.2 Å². The fourth-order valence-corrected chi connectivity index (χ4v) is 2.87. The van der Waals surface area contributed by atoms with Crippen molar-refractivity contribution in [3.05, 3.63) is 48.8 Å². The van der Waals surface area contributed by atoms with Gasteiger partial charge in [-0.1, -0.05) is 37.0 Å². The summed E-state index contributed by atoms with van der Waals surface area (Å²) in [5, 5.41) is 4.01. The van der Waals surface area contributed by atoms with Gasteiger partial charge in [0.15, 0.2) is 0 Å². The van der Waals surface area contributed by atoms with Gasteiger partial charge in [0, 0.05) is 5.02 Å². The number of aromatic amines is 1. The molecule has 0 saturated heterocycles. The van der Waals surface area contributed by atoms with Gasteiger partial charge in [0.25, 0.3) is 5.56 Å². The molecule has 0 aliphatic carbocycles. The molecule has 0 aliphatic rings. The van der Waals surface area contributed by atoms with Gasteiger partial charge in [0.1, 0.15) is 4.47 Å². The van der Waals surface area contributed by atoms with Crippen LogP contribution in [0.4, 0.5) is 0 Å². The maximum absolute atomic E-state index is 12.1. The lowest BCUT2D eigenvalue weighted by molar-refractivity contribution is 0.759. The molecule has 18 heavy (non-hydrogen) atoms. The Morgan fingerprint density at radius 1 is 1.33 bits per heavy atom. The lowest BCUT2D eigenvalue weighted by atomic mass is 10.1. The molecule has 0 spiro atoms. The summed E-state index contributed by atoms with van der Waals surface area (Å²) in [4.78, 5) is 12.1. The second kappa shape index (κ2) is 5.11. The molecular weight excluding hydrogens is 339 g/mol. The van der Waals surface area contributed by atoms with E-state index in [-0.39, 0.29) is 11.5 Å². The fraction of sp³-hybridized carbons (Fsp3) is 0.250. The van der Waals surface area contributed by atoms with Crippen LogP contribution in [0.3, 0.4) is 0 Å². The molecule has 1 heterocycles. The number of H-pyrrole nitrogens is 1. The fourth-order valence-electron chi connectivity index (χ4n) is 1.65. The molecule has 96 valence electrons. The van der Waals surface area contributed by atoms with Crippen LogP contribution in [-0.4, -0.2) is 9.78 Å². The van der Waals surface area contributed by atoms with Crippen molar-refractivity contribution >= 4 is 39.1 Å². The highest BCUT2D eigenvalue weighted by atomic mass is 79.9. The van der Waals surface area contributed by atoms with E-state index in [4.69, 9.17) is 23.2 Å². The highest BCUT2D eigenvalue weighted by Gasteiger charge is 2.16. The normalized spacial score (nSPS) is 11.2. The Morgan fingerprint density at radius 2 is 2.00 bits per heavy atom. The molecule has 1 N–H and O–H groups in total. The molecule has 0 bridgehead atoms. The van der Waals surface area contributed by atoms with E-state index in [2.05, 4.69) is 21.0 Å². The van der Waals surface area contributed by atoms with Crippen LogP contribution < -0.4 is 5.56 Å². The van der Waals surface area contributed by atoms with E-state index < -0.39 is 0 Å². The van der Waals surface area contributed by atoms with Gasteiger partial charge >= 0.3 is 0 Å². The first-order valence-corrected chi connectivity index (χ1v) is 6.92. The molecule has 1 aromatic carbocycles. The maximum Gasteiger partial charge on any atom is 0.285 e. The molecule has 3 nitrogen and oxygen atoms in total. The van der Waals surface area contributed by atoms with Crippen LogP contribution in [0, 0.1) is 0 Å². The molecule has 1 aromatic heterocycles. The number of nitrogens with one attached hydrogen (secondary N) is 1. The van der Waals surface area contributed by atoms with Gasteiger partial charge in [0.05, 0.1) is 16.4 Å². The van der Waals surface area contributed by atoms with E-state index in [0.717, 1.165) is 5.69 Å². The molecule has 0 aliphatic heterocycles. The number of halogens is 3. The minimum atomic E-state index is -0.164. The van der Waals surface area contributed by atoms with Gasteiger partial charge in [-0.25, -0.2) is 4.68 Å². The summed E-state index contributed by atoms with van der Waals surface area (Å²) in [6, 6.07) is 5.01. The lowest BCUT2D eigenvalue weighted by Gasteiger charge is -2.06. The average molecular weight is 350 g/mol. The summed E-state index contributed by atoms with van der Waals surface area (Å²) < 4.78 is 1.95. The molecule has 0 saturated carbocycles. The van der Waals surface area contributed by atoms with Gasteiger partial charge in [-0.15, -0.1) is 0 Å². The molecule has 0 fully saturated rings. The number of hydrogen-bond acceptors (Lipinski definition) is 1. The van der Waals surface area contributed by atoms with Crippen molar-refractivity contribution in [3.63, 3.8) is 0 Å². The van der Waals surface area contributed by atoms with Crippen molar-refractivity contribution in [2.45, 2.75) is 19.8 Å². The molecule has 0 radical (unpaired) electrons. The molecule has 0 amide bonds. The standard InChI is InChI=1S/C12H11BrCl2N2O/c1-6(2)11-10(13)12(18)17(16-11)9-4-3-7(14)5-8(9)15/h3-6,16H,1-2H3. The van der Waals surface area contributed by atoms with Crippen molar-refractivity contribution in [2.24, 2.45) is 0 Å². The van der Waals surface area contributed by atoms with E-state index in [9.17, 15) is 4.79 Å². The van der Waals surface area contributed by atoms with E-state index in [1.54, 1.807) is 18.2 Å². The molecule has 0 atom stereocenters. The van der Waals surface area contributed by atoms with Crippen LogP contribution in [0.5, 0.6) is 0 Å². The zero-order chi connectivity index (χ0) is 13.4. The third-order valence-corrected chi connectivity index (χ3v) is 3.89. The summed E-state index contributed by atoms with van der Waals surface area (Å²) in [5.74, 6) is 0.208. The first-order chi connectivity index (χ1) is 8.41. The quantitative estimate of drug-likeness (QED) is 0.859. The highest BCUT2D eigenvalue weighted by molar-refractivity contribution is 9.10. The van der Waals surface area contributed by atoms with Crippen LogP contribution in [0.2, 0.25) is 10.0 Å². The smallest absolute Gasteiger partial charge is 0.285 e. The van der Waals surface area contributed by atoms with Gasteiger partial charge in [-0.3, -0.25) is 9.89 Å². The zero-order valence-electron chi connectivity index (χ0n) is 9.80. The Bertz CT molecular complexity index is 646. The first-order valence-electron chi connectivity index (χ1n) is 5.37. The van der Waals surface area contributed by atoms with Crippen LogP contribution in [0.25, 0.3) is 5.69 Å². The van der Waals surface area contributed by atoms with E-state index in [1.165, 1.54) is 4.68 Å². The number of rotatable bonds is 2. The third kappa shape index (κ3) is 2.37. The molecule has 2 rings (SSSR count). The Kier molecular flexibility index (Phi) is 3.90. The second-order valence-corrected chi connectivity index (χ2v) is 5.87. The summed E-state index contributed by atoms with van der Waals surface area (Å²) >= 11 is 15.2. The molecule has 2 aromatic rings. The minimum absolute atomic E-state index is 0.164. The summed E-state index contributed by atoms with van der Waals surface area (Å²) in [6.45, 7) is 4.01. The topological polar surface area (TPSA) is 37.8 Å². The maximum atomic E-state index is 12.1. The van der Waals surface area contributed by atoms with Crippen molar-refractivity contribution in [1.82, 2.24) is 9.78 Å². The van der Waals surface area contributed by atoms with Gasteiger partial charge in [0.2, 0.25) is 0 Å². The predicted octanol–water partition coefficient (Wildman–Crippen LogP) is 4.36. The Labute approximate surface area is 123 Å². The van der Waals surface area contributed by atoms with E-state index >= 15 is 0 Å². The molecular formula is C12H11BrCl2N2O. The Balaban J connectivity index is 2.65. The number of nitrogens with zero attached hydrogens (tertiary/aromatic N) is 1. The number of benzene rings is 1. The zero-order valence-corrected chi connectivity index (χ0v) is 12.9. The molecule has 6 heteroatoms. The van der Waals surface area contributed by atoms with Crippen LogP contribution in [-0.2, 0) is 0 Å². The summed E-state index contributed by atoms with van der Waals surface area (Å²) in [7, 11) is 0. The SMILES string of the molecule is CC(C)c1[nH]n(-c2ccc(Cl)cc2Cl)c(=O)c1Br. The third-order valence-electron chi connectivity index (χ3n) is 2.59.